The maximum absolute atomic E-state index is 13.7. The Kier molecular flexibility index (Phi) is 4.46. The van der Waals surface area contributed by atoms with Crippen LogP contribution in [0.5, 0.6) is 11.5 Å². The molecule has 0 aromatic heterocycles. The van der Waals surface area contributed by atoms with Gasteiger partial charge in [-0.3, -0.25) is 4.79 Å². The molecule has 2 aromatic carbocycles. The number of rotatable bonds is 3. The molecule has 0 spiro atoms. The summed E-state index contributed by atoms with van der Waals surface area (Å²) in [7, 11) is 0. The largest absolute Gasteiger partial charge is 0.451 e. The molecule has 0 bridgehead atoms. The average molecular weight is 352 g/mol. The smallest absolute Gasteiger partial charge is 0.417 e. The lowest BCUT2D eigenvalue weighted by molar-refractivity contribution is -0.137. The number of benzene rings is 2. The lowest BCUT2D eigenvalue weighted by Crippen LogP contribution is -2.12. The maximum atomic E-state index is 13.7. The van der Waals surface area contributed by atoms with E-state index in [9.17, 15) is 26.7 Å². The van der Waals surface area contributed by atoms with Gasteiger partial charge in [0, 0.05) is 5.56 Å². The minimum absolute atomic E-state index is 0.445. The van der Waals surface area contributed by atoms with E-state index in [1.54, 1.807) is 0 Å². The third-order valence-corrected chi connectivity index (χ3v) is 3.08. The van der Waals surface area contributed by atoms with Crippen molar-refractivity contribution >= 4 is 17.5 Å². The summed E-state index contributed by atoms with van der Waals surface area (Å²) < 4.78 is 70.5. The van der Waals surface area contributed by atoms with Gasteiger partial charge in [0.15, 0.2) is 17.4 Å². The van der Waals surface area contributed by atoms with Crippen LogP contribution in [-0.4, -0.2) is 5.91 Å². The van der Waals surface area contributed by atoms with Crippen LogP contribution < -0.4 is 10.5 Å². The van der Waals surface area contributed by atoms with E-state index in [4.69, 9.17) is 22.1 Å². The van der Waals surface area contributed by atoms with Crippen molar-refractivity contribution in [1.29, 1.82) is 0 Å². The van der Waals surface area contributed by atoms with Crippen molar-refractivity contribution in [2.75, 3.05) is 0 Å². The van der Waals surface area contributed by atoms with Crippen molar-refractivity contribution in [2.45, 2.75) is 6.18 Å². The number of carbonyl (C=O) groups is 1. The molecule has 0 saturated carbocycles. The third kappa shape index (κ3) is 3.70. The van der Waals surface area contributed by atoms with Crippen molar-refractivity contribution in [3.8, 4) is 11.5 Å². The van der Waals surface area contributed by atoms with E-state index in [-0.39, 0.29) is 0 Å². The van der Waals surface area contributed by atoms with Crippen molar-refractivity contribution < 1.29 is 31.5 Å². The first-order chi connectivity index (χ1) is 10.6. The van der Waals surface area contributed by atoms with Crippen LogP contribution in [0.1, 0.15) is 15.9 Å². The number of primary amides is 1. The number of ether oxygens (including phenoxy) is 1. The monoisotopic (exact) mass is 351 g/mol. The van der Waals surface area contributed by atoms with Gasteiger partial charge in [0.2, 0.25) is 5.91 Å². The molecule has 0 aliphatic rings. The predicted molar refractivity (Wildman–Crippen MR) is 71.4 cm³/mol. The predicted octanol–water partition coefficient (Wildman–Crippen LogP) is 4.53. The second-order valence-corrected chi connectivity index (χ2v) is 4.78. The molecule has 2 rings (SSSR count). The van der Waals surface area contributed by atoms with Crippen molar-refractivity contribution in [1.82, 2.24) is 0 Å². The number of carbonyl (C=O) groups excluding carboxylic acids is 1. The van der Waals surface area contributed by atoms with Gasteiger partial charge in [0.1, 0.15) is 5.75 Å². The summed E-state index contributed by atoms with van der Waals surface area (Å²) in [5, 5.41) is -0.588. The van der Waals surface area contributed by atoms with Crippen LogP contribution >= 0.6 is 11.6 Å². The van der Waals surface area contributed by atoms with Gasteiger partial charge in [0.05, 0.1) is 10.6 Å². The van der Waals surface area contributed by atoms with Crippen LogP contribution in [-0.2, 0) is 6.18 Å². The Morgan fingerprint density at radius 1 is 1.09 bits per heavy atom. The Morgan fingerprint density at radius 2 is 1.65 bits per heavy atom. The number of hydrogen-bond donors (Lipinski definition) is 1. The Hall–Kier alpha value is -2.35. The third-order valence-electron chi connectivity index (χ3n) is 2.75. The molecule has 2 N–H and O–H groups in total. The zero-order valence-electron chi connectivity index (χ0n) is 11.0. The van der Waals surface area contributed by atoms with Gasteiger partial charge in [-0.05, 0) is 30.3 Å². The molecule has 1 amide bonds. The first kappa shape index (κ1) is 17.0. The second kappa shape index (κ2) is 6.04. The summed E-state index contributed by atoms with van der Waals surface area (Å²) in [6, 6.07) is 3.62. The number of hydrogen-bond acceptors (Lipinski definition) is 2. The number of amides is 1. The molecule has 2 aromatic rings. The van der Waals surface area contributed by atoms with E-state index in [0.29, 0.717) is 18.2 Å². The highest BCUT2D eigenvalue weighted by molar-refractivity contribution is 6.31. The SMILES string of the molecule is NC(=O)c1cc(F)c(Oc2ccc(Cl)c(C(F)(F)F)c2)c(F)c1. The summed E-state index contributed by atoms with van der Waals surface area (Å²) in [5.74, 6) is -5.10. The van der Waals surface area contributed by atoms with Gasteiger partial charge < -0.3 is 10.5 Å². The van der Waals surface area contributed by atoms with Gasteiger partial charge >= 0.3 is 6.18 Å². The molecule has 0 aliphatic carbocycles. The summed E-state index contributed by atoms with van der Waals surface area (Å²) in [6.07, 6.45) is -4.76. The molecule has 3 nitrogen and oxygen atoms in total. The molecule has 0 atom stereocenters. The van der Waals surface area contributed by atoms with Crippen LogP contribution in [0.3, 0.4) is 0 Å². The molecule has 23 heavy (non-hydrogen) atoms. The molecule has 0 unspecified atom stereocenters. The summed E-state index contributed by atoms with van der Waals surface area (Å²) in [5.41, 5.74) is 3.22. The Labute approximate surface area is 131 Å². The molecule has 0 aliphatic heterocycles. The molecule has 0 heterocycles. The maximum Gasteiger partial charge on any atom is 0.417 e. The fourth-order valence-corrected chi connectivity index (χ4v) is 1.93. The molecule has 122 valence electrons. The van der Waals surface area contributed by atoms with Gasteiger partial charge in [-0.15, -0.1) is 0 Å². The van der Waals surface area contributed by atoms with Crippen LogP contribution in [0, 0.1) is 11.6 Å². The summed E-state index contributed by atoms with van der Waals surface area (Å²) in [6.45, 7) is 0. The van der Waals surface area contributed by atoms with Gasteiger partial charge in [-0.25, -0.2) is 8.78 Å². The normalized spacial score (nSPS) is 11.4. The average Bonchev–Trinajstić information content (AvgIpc) is 2.42. The molecule has 9 heteroatoms. The fourth-order valence-electron chi connectivity index (χ4n) is 1.70. The van der Waals surface area contributed by atoms with E-state index < -0.39 is 51.4 Å². The highest BCUT2D eigenvalue weighted by Crippen LogP contribution is 2.38. The summed E-state index contributed by atoms with van der Waals surface area (Å²) in [4.78, 5) is 10.9. The fraction of sp³-hybridized carbons (Fsp3) is 0.0714. The number of nitrogens with two attached hydrogens (primary N) is 1. The molecule has 0 fully saturated rings. The van der Waals surface area contributed by atoms with E-state index in [2.05, 4.69) is 0 Å². The molecule has 0 saturated heterocycles. The van der Waals surface area contributed by atoms with E-state index in [0.717, 1.165) is 12.1 Å². The molecular weight excluding hydrogens is 345 g/mol. The zero-order chi connectivity index (χ0) is 17.4. The van der Waals surface area contributed by atoms with Crippen molar-refractivity contribution in [2.24, 2.45) is 5.73 Å². The summed E-state index contributed by atoms with van der Waals surface area (Å²) >= 11 is 5.43. The Bertz CT molecular complexity index is 753. The highest BCUT2D eigenvalue weighted by Gasteiger charge is 2.33. The van der Waals surface area contributed by atoms with Crippen molar-refractivity contribution in [3.63, 3.8) is 0 Å². The first-order valence-electron chi connectivity index (χ1n) is 5.93. The van der Waals surface area contributed by atoms with Crippen LogP contribution in [0.2, 0.25) is 5.02 Å². The zero-order valence-corrected chi connectivity index (χ0v) is 11.8. The standard InChI is InChI=1S/C14H7ClF5NO2/c15-9-2-1-7(5-8(9)14(18,19)20)23-12-10(16)3-6(13(21)22)4-11(12)17/h1-5H,(H2,21,22). The quantitative estimate of drug-likeness (QED) is 0.826. The lowest BCUT2D eigenvalue weighted by Gasteiger charge is -2.13. The molecule has 0 radical (unpaired) electrons. The van der Waals surface area contributed by atoms with Gasteiger partial charge in [0.25, 0.3) is 0 Å². The first-order valence-corrected chi connectivity index (χ1v) is 6.31. The molecular formula is C14H7ClF5NO2. The lowest BCUT2D eigenvalue weighted by atomic mass is 10.2. The van der Waals surface area contributed by atoms with Crippen LogP contribution in [0.25, 0.3) is 0 Å². The van der Waals surface area contributed by atoms with Gasteiger partial charge in [-0.1, -0.05) is 11.6 Å². The Balaban J connectivity index is 2.42. The van der Waals surface area contributed by atoms with E-state index in [1.807, 2.05) is 0 Å². The van der Waals surface area contributed by atoms with Crippen LogP contribution in [0.15, 0.2) is 30.3 Å². The topological polar surface area (TPSA) is 52.3 Å². The van der Waals surface area contributed by atoms with Crippen molar-refractivity contribution in [3.05, 3.63) is 58.1 Å². The number of alkyl halides is 3. The van der Waals surface area contributed by atoms with Gasteiger partial charge in [-0.2, -0.15) is 13.2 Å². The highest BCUT2D eigenvalue weighted by atomic mass is 35.5. The van der Waals surface area contributed by atoms with Crippen LogP contribution in [0.4, 0.5) is 22.0 Å². The minimum atomic E-state index is -4.76. The number of halogens is 6. The van der Waals surface area contributed by atoms with E-state index in [1.165, 1.54) is 0 Å². The second-order valence-electron chi connectivity index (χ2n) is 4.37. The minimum Gasteiger partial charge on any atom is -0.451 e. The Morgan fingerprint density at radius 3 is 2.13 bits per heavy atom. The van der Waals surface area contributed by atoms with E-state index >= 15 is 0 Å².